The summed E-state index contributed by atoms with van der Waals surface area (Å²) in [6.45, 7) is 4.38. The van der Waals surface area contributed by atoms with E-state index in [0.29, 0.717) is 23.7 Å². The summed E-state index contributed by atoms with van der Waals surface area (Å²) in [4.78, 5) is 37.2. The molecule has 0 bridgehead atoms. The van der Waals surface area contributed by atoms with E-state index in [9.17, 15) is 19.7 Å². The van der Waals surface area contributed by atoms with E-state index < -0.39 is 4.92 Å². The fourth-order valence-corrected chi connectivity index (χ4v) is 4.40. The van der Waals surface area contributed by atoms with Crippen LogP contribution in [0.25, 0.3) is 0 Å². The molecule has 0 aliphatic heterocycles. The van der Waals surface area contributed by atoms with Crippen LogP contribution in [0.4, 0.5) is 17.1 Å². The normalized spacial score (nSPS) is 10.7. The Labute approximate surface area is 233 Å². The Morgan fingerprint density at radius 1 is 0.821 bits per heavy atom. The van der Waals surface area contributed by atoms with Crippen LogP contribution in [-0.2, 0) is 19.1 Å². The highest BCUT2D eigenvalue weighted by atomic mass is 35.5. The predicted molar refractivity (Wildman–Crippen MR) is 152 cm³/mol. The van der Waals surface area contributed by atoms with Crippen LogP contribution in [0.3, 0.4) is 0 Å². The van der Waals surface area contributed by atoms with Crippen molar-refractivity contribution in [2.75, 3.05) is 50.2 Å². The fraction of sp³-hybridized carbons (Fsp3) is 0.310. The van der Waals surface area contributed by atoms with E-state index in [1.165, 1.54) is 26.0 Å². The van der Waals surface area contributed by atoms with Gasteiger partial charge in [0.25, 0.3) is 5.69 Å². The van der Waals surface area contributed by atoms with Crippen LogP contribution in [-0.4, -0.2) is 57.3 Å². The third-order valence-electron chi connectivity index (χ3n) is 6.30. The number of hydrogen-bond acceptors (Lipinski definition) is 8. The summed E-state index contributed by atoms with van der Waals surface area (Å²) in [6, 6.07) is 20.2. The number of rotatable bonds is 12. The van der Waals surface area contributed by atoms with Crippen LogP contribution in [0.1, 0.15) is 36.5 Å². The molecule has 3 aromatic rings. The molecule has 206 valence electrons. The molecule has 3 rings (SSSR count). The van der Waals surface area contributed by atoms with E-state index >= 15 is 0 Å². The summed E-state index contributed by atoms with van der Waals surface area (Å²) in [6.07, 6.45) is 0. The summed E-state index contributed by atoms with van der Waals surface area (Å²) in [5.41, 5.74) is 4.26. The van der Waals surface area contributed by atoms with Crippen molar-refractivity contribution in [3.63, 3.8) is 0 Å². The van der Waals surface area contributed by atoms with Gasteiger partial charge in [-0.2, -0.15) is 0 Å². The highest BCUT2D eigenvalue weighted by Gasteiger charge is 2.23. The minimum Gasteiger partial charge on any atom is -0.464 e. The SMILES string of the molecule is CC(=O)OCCN(C)c1ccc(C(c2ccc(N(C)CCOC(C)=O)cc2)c2cc([N+](=O)[O-])ccc2Cl)cc1. The number of non-ortho nitro benzene ring substituents is 1. The maximum absolute atomic E-state index is 11.5. The van der Waals surface area contributed by atoms with Crippen LogP contribution in [0.2, 0.25) is 5.02 Å². The zero-order valence-corrected chi connectivity index (χ0v) is 23.2. The summed E-state index contributed by atoms with van der Waals surface area (Å²) in [5.74, 6) is -1.01. The number of benzene rings is 3. The molecule has 0 aliphatic rings. The van der Waals surface area contributed by atoms with Crippen LogP contribution in [0.15, 0.2) is 66.7 Å². The molecule has 3 aromatic carbocycles. The number of carbonyl (C=O) groups is 2. The third kappa shape index (κ3) is 8.19. The molecule has 10 heteroatoms. The number of esters is 2. The molecule has 0 radical (unpaired) electrons. The molecule has 0 aliphatic carbocycles. The summed E-state index contributed by atoms with van der Waals surface area (Å²) in [5, 5.41) is 12.0. The van der Waals surface area contributed by atoms with E-state index in [1.54, 1.807) is 6.07 Å². The molecule has 0 saturated carbocycles. The van der Waals surface area contributed by atoms with Gasteiger partial charge in [0.2, 0.25) is 0 Å². The van der Waals surface area contributed by atoms with Crippen molar-refractivity contribution in [2.24, 2.45) is 0 Å². The Bertz CT molecular complexity index is 1230. The first-order chi connectivity index (χ1) is 18.6. The van der Waals surface area contributed by atoms with Crippen LogP contribution < -0.4 is 9.80 Å². The van der Waals surface area contributed by atoms with Gasteiger partial charge in [0.15, 0.2) is 0 Å². The molecule has 0 amide bonds. The first kappa shape index (κ1) is 29.4. The number of nitro benzene ring substituents is 1. The second-order valence-corrected chi connectivity index (χ2v) is 9.51. The molecule has 0 spiro atoms. The Kier molecular flexibility index (Phi) is 10.3. The van der Waals surface area contributed by atoms with Crippen molar-refractivity contribution in [3.8, 4) is 0 Å². The lowest BCUT2D eigenvalue weighted by molar-refractivity contribution is -0.384. The zero-order chi connectivity index (χ0) is 28.5. The zero-order valence-electron chi connectivity index (χ0n) is 22.4. The average molecular weight is 554 g/mol. The number of carbonyl (C=O) groups excluding carboxylic acids is 2. The minimum atomic E-state index is -0.431. The quantitative estimate of drug-likeness (QED) is 0.127. The first-order valence-electron chi connectivity index (χ1n) is 12.4. The standard InChI is InChI=1S/C29H32ClN3O6/c1-20(34)38-17-15-31(3)24-9-5-22(6-10-24)29(27-19-26(33(36)37)13-14-28(27)30)23-7-11-25(12-8-23)32(4)16-18-39-21(2)35/h5-14,19,29H,15-18H2,1-4H3. The second-order valence-electron chi connectivity index (χ2n) is 9.10. The monoisotopic (exact) mass is 553 g/mol. The number of ether oxygens (including phenoxy) is 2. The number of anilines is 2. The molecule has 0 atom stereocenters. The number of hydrogen-bond donors (Lipinski definition) is 0. The van der Waals surface area contributed by atoms with Crippen molar-refractivity contribution in [3.05, 3.63) is 98.6 Å². The van der Waals surface area contributed by atoms with Gasteiger partial charge in [0.05, 0.1) is 18.0 Å². The molecular weight excluding hydrogens is 522 g/mol. The first-order valence-corrected chi connectivity index (χ1v) is 12.8. The third-order valence-corrected chi connectivity index (χ3v) is 6.64. The van der Waals surface area contributed by atoms with Gasteiger partial charge in [0, 0.05) is 62.4 Å². The lowest BCUT2D eigenvalue weighted by Gasteiger charge is -2.24. The van der Waals surface area contributed by atoms with Crippen molar-refractivity contribution >= 4 is 40.6 Å². The van der Waals surface area contributed by atoms with Gasteiger partial charge in [-0.25, -0.2) is 0 Å². The molecule has 39 heavy (non-hydrogen) atoms. The maximum atomic E-state index is 11.5. The van der Waals surface area contributed by atoms with Gasteiger partial charge in [-0.05, 0) is 47.0 Å². The molecular formula is C29H32ClN3O6. The van der Waals surface area contributed by atoms with Crippen molar-refractivity contribution < 1.29 is 24.0 Å². The molecule has 0 saturated heterocycles. The maximum Gasteiger partial charge on any atom is 0.302 e. The van der Waals surface area contributed by atoms with Crippen molar-refractivity contribution in [2.45, 2.75) is 19.8 Å². The summed E-state index contributed by atoms with van der Waals surface area (Å²) < 4.78 is 10.1. The van der Waals surface area contributed by atoms with Crippen LogP contribution in [0, 0.1) is 10.1 Å². The largest absolute Gasteiger partial charge is 0.464 e. The van der Waals surface area contributed by atoms with E-state index in [4.69, 9.17) is 21.1 Å². The predicted octanol–water partition coefficient (Wildman–Crippen LogP) is 5.43. The lowest BCUT2D eigenvalue weighted by Crippen LogP contribution is -2.23. The van der Waals surface area contributed by atoms with E-state index in [2.05, 4.69) is 0 Å². The number of nitrogens with zero attached hydrogens (tertiary/aromatic N) is 3. The second kappa shape index (κ2) is 13.6. The van der Waals surface area contributed by atoms with E-state index in [0.717, 1.165) is 22.5 Å². The molecule has 0 heterocycles. The Morgan fingerprint density at radius 3 is 1.64 bits per heavy atom. The molecule has 0 fully saturated rings. The van der Waals surface area contributed by atoms with Gasteiger partial charge in [-0.15, -0.1) is 0 Å². The Balaban J connectivity index is 1.94. The molecule has 0 aromatic heterocycles. The van der Waals surface area contributed by atoms with Gasteiger partial charge in [-0.3, -0.25) is 19.7 Å². The van der Waals surface area contributed by atoms with Crippen LogP contribution in [0.5, 0.6) is 0 Å². The van der Waals surface area contributed by atoms with Gasteiger partial charge < -0.3 is 19.3 Å². The van der Waals surface area contributed by atoms with Gasteiger partial charge in [0.1, 0.15) is 13.2 Å². The summed E-state index contributed by atoms with van der Waals surface area (Å²) in [7, 11) is 3.81. The van der Waals surface area contributed by atoms with Gasteiger partial charge in [-0.1, -0.05) is 35.9 Å². The average Bonchev–Trinajstić information content (AvgIpc) is 2.90. The topological polar surface area (TPSA) is 102 Å². The molecule has 0 N–H and O–H groups in total. The fourth-order valence-electron chi connectivity index (χ4n) is 4.17. The lowest BCUT2D eigenvalue weighted by atomic mass is 9.84. The van der Waals surface area contributed by atoms with E-state index in [1.807, 2.05) is 72.4 Å². The number of nitro groups is 1. The highest BCUT2D eigenvalue weighted by Crippen LogP contribution is 2.39. The van der Waals surface area contributed by atoms with Crippen molar-refractivity contribution in [1.82, 2.24) is 0 Å². The van der Waals surface area contributed by atoms with Crippen molar-refractivity contribution in [1.29, 1.82) is 0 Å². The molecule has 0 unspecified atom stereocenters. The minimum absolute atomic E-state index is 0.0388. The number of likely N-dealkylation sites (N-methyl/N-ethyl adjacent to an activating group) is 2. The smallest absolute Gasteiger partial charge is 0.302 e. The summed E-state index contributed by atoms with van der Waals surface area (Å²) >= 11 is 6.60. The highest BCUT2D eigenvalue weighted by molar-refractivity contribution is 6.31. The van der Waals surface area contributed by atoms with Gasteiger partial charge >= 0.3 is 11.9 Å². The molecule has 9 nitrogen and oxygen atoms in total. The van der Waals surface area contributed by atoms with E-state index in [-0.39, 0.29) is 36.8 Å². The Morgan fingerprint density at radius 2 is 1.26 bits per heavy atom. The Hall–Kier alpha value is -4.11. The van der Waals surface area contributed by atoms with Crippen LogP contribution >= 0.6 is 11.6 Å². The number of halogens is 1.